The lowest BCUT2D eigenvalue weighted by atomic mass is 10.3. The van der Waals surface area contributed by atoms with Crippen LogP contribution in [0, 0.1) is 0 Å². The minimum atomic E-state index is -4.47. The molecule has 0 aliphatic carbocycles. The lowest BCUT2D eigenvalue weighted by Crippen LogP contribution is -2.07. The van der Waals surface area contributed by atoms with Crippen molar-refractivity contribution in [3.05, 3.63) is 45.2 Å². The molecule has 2 heterocycles. The van der Waals surface area contributed by atoms with Crippen molar-refractivity contribution in [2.75, 3.05) is 5.43 Å². The van der Waals surface area contributed by atoms with E-state index in [2.05, 4.69) is 15.5 Å². The Morgan fingerprint density at radius 3 is 2.75 bits per heavy atom. The summed E-state index contributed by atoms with van der Waals surface area (Å²) in [5, 5.41) is 5.80. The minimum Gasteiger partial charge on any atom is -0.260 e. The van der Waals surface area contributed by atoms with Crippen LogP contribution in [0.25, 0.3) is 0 Å². The molecule has 0 unspecified atom stereocenters. The van der Waals surface area contributed by atoms with Gasteiger partial charge in [0.2, 0.25) is 0 Å². The van der Waals surface area contributed by atoms with Crippen LogP contribution >= 0.6 is 22.9 Å². The highest BCUT2D eigenvalue weighted by molar-refractivity contribution is 7.12. The third-order valence-corrected chi connectivity index (χ3v) is 3.64. The maximum absolute atomic E-state index is 12.5. The number of hydrogen-bond donors (Lipinski definition) is 1. The molecule has 2 rings (SSSR count). The van der Waals surface area contributed by atoms with Gasteiger partial charge in [0.05, 0.1) is 16.3 Å². The Labute approximate surface area is 122 Å². The summed E-state index contributed by atoms with van der Waals surface area (Å²) in [5.74, 6) is 0.0792. The zero-order chi connectivity index (χ0) is 14.8. The molecular formula is C12H9ClF3N3S. The van der Waals surface area contributed by atoms with Gasteiger partial charge in [-0.15, -0.1) is 11.3 Å². The van der Waals surface area contributed by atoms with Crippen molar-refractivity contribution in [2.45, 2.75) is 13.1 Å². The second-order valence-corrected chi connectivity index (χ2v) is 5.19. The zero-order valence-corrected chi connectivity index (χ0v) is 11.8. The van der Waals surface area contributed by atoms with Crippen molar-refractivity contribution < 1.29 is 13.2 Å². The van der Waals surface area contributed by atoms with E-state index in [9.17, 15) is 13.2 Å². The van der Waals surface area contributed by atoms with E-state index in [4.69, 9.17) is 11.6 Å². The highest BCUT2D eigenvalue weighted by Gasteiger charge is 2.31. The predicted molar refractivity (Wildman–Crippen MR) is 74.4 cm³/mol. The first kappa shape index (κ1) is 14.8. The van der Waals surface area contributed by atoms with Gasteiger partial charge in [-0.3, -0.25) is 5.43 Å². The number of alkyl halides is 3. The van der Waals surface area contributed by atoms with Crippen LogP contribution in [0.3, 0.4) is 0 Å². The predicted octanol–water partition coefficient (Wildman–Crippen LogP) is 4.65. The van der Waals surface area contributed by atoms with Crippen molar-refractivity contribution in [1.82, 2.24) is 4.98 Å². The first-order valence-corrected chi connectivity index (χ1v) is 6.70. The lowest BCUT2D eigenvalue weighted by Gasteiger charge is -2.08. The normalized spacial score (nSPS) is 12.6. The van der Waals surface area contributed by atoms with E-state index < -0.39 is 11.7 Å². The molecule has 0 spiro atoms. The highest BCUT2D eigenvalue weighted by atomic mass is 35.5. The summed E-state index contributed by atoms with van der Waals surface area (Å²) in [6, 6.07) is 4.57. The first-order valence-electron chi connectivity index (χ1n) is 5.45. The van der Waals surface area contributed by atoms with Gasteiger partial charge in [0.1, 0.15) is 0 Å². The molecule has 0 radical (unpaired) electrons. The van der Waals surface area contributed by atoms with Gasteiger partial charge < -0.3 is 0 Å². The molecule has 0 saturated carbocycles. The Morgan fingerprint density at radius 2 is 2.20 bits per heavy atom. The van der Waals surface area contributed by atoms with Crippen LogP contribution in [0.4, 0.5) is 19.0 Å². The second-order valence-electron chi connectivity index (χ2n) is 3.84. The van der Waals surface area contributed by atoms with E-state index >= 15 is 0 Å². The van der Waals surface area contributed by atoms with E-state index in [0.29, 0.717) is 11.9 Å². The zero-order valence-electron chi connectivity index (χ0n) is 10.2. The quantitative estimate of drug-likeness (QED) is 0.660. The number of rotatable bonds is 3. The molecule has 0 fully saturated rings. The van der Waals surface area contributed by atoms with Crippen molar-refractivity contribution in [2.24, 2.45) is 5.10 Å². The van der Waals surface area contributed by atoms with Gasteiger partial charge in [-0.05, 0) is 24.4 Å². The average molecular weight is 320 g/mol. The number of hydrazone groups is 1. The van der Waals surface area contributed by atoms with Crippen LogP contribution in [0.2, 0.25) is 5.02 Å². The SMILES string of the molecule is C/C(=N/Nc1ncc(C(F)(F)F)cc1Cl)c1cccs1. The third kappa shape index (κ3) is 3.49. The topological polar surface area (TPSA) is 37.3 Å². The Balaban J connectivity index is 2.17. The largest absolute Gasteiger partial charge is 0.417 e. The molecule has 1 N–H and O–H groups in total. The smallest absolute Gasteiger partial charge is 0.260 e. The second kappa shape index (κ2) is 5.80. The number of nitrogens with zero attached hydrogens (tertiary/aromatic N) is 2. The highest BCUT2D eigenvalue weighted by Crippen LogP contribution is 2.32. The summed E-state index contributed by atoms with van der Waals surface area (Å²) in [5.41, 5.74) is 2.36. The van der Waals surface area contributed by atoms with Crippen molar-refractivity contribution in [3.63, 3.8) is 0 Å². The number of hydrogen-bond acceptors (Lipinski definition) is 4. The maximum atomic E-state index is 12.5. The van der Waals surface area contributed by atoms with E-state index in [1.807, 2.05) is 17.5 Å². The van der Waals surface area contributed by atoms with Crippen molar-refractivity contribution >= 4 is 34.5 Å². The van der Waals surface area contributed by atoms with Gasteiger partial charge in [-0.2, -0.15) is 18.3 Å². The Morgan fingerprint density at radius 1 is 1.45 bits per heavy atom. The third-order valence-electron chi connectivity index (χ3n) is 2.38. The van der Waals surface area contributed by atoms with E-state index in [1.54, 1.807) is 6.92 Å². The minimum absolute atomic E-state index is 0.0792. The summed E-state index contributed by atoms with van der Waals surface area (Å²) < 4.78 is 37.4. The van der Waals surface area contributed by atoms with Gasteiger partial charge >= 0.3 is 6.18 Å². The fraction of sp³-hybridized carbons (Fsp3) is 0.167. The molecule has 20 heavy (non-hydrogen) atoms. The van der Waals surface area contributed by atoms with Crippen LogP contribution in [0.1, 0.15) is 17.4 Å². The molecule has 0 amide bonds. The summed E-state index contributed by atoms with van der Waals surface area (Å²) >= 11 is 7.26. The molecule has 106 valence electrons. The molecule has 2 aromatic heterocycles. The Hall–Kier alpha value is -1.60. The van der Waals surface area contributed by atoms with Gasteiger partial charge in [0.25, 0.3) is 0 Å². The van der Waals surface area contributed by atoms with E-state index in [-0.39, 0.29) is 10.8 Å². The molecule has 0 bridgehead atoms. The number of thiophene rings is 1. The summed E-state index contributed by atoms with van der Waals surface area (Å²) in [6.07, 6.45) is -3.75. The molecule has 2 aromatic rings. The molecule has 0 atom stereocenters. The van der Waals surface area contributed by atoms with Gasteiger partial charge in [-0.25, -0.2) is 4.98 Å². The summed E-state index contributed by atoms with van der Waals surface area (Å²) in [7, 11) is 0. The van der Waals surface area contributed by atoms with Crippen LogP contribution in [0.5, 0.6) is 0 Å². The Kier molecular flexibility index (Phi) is 4.29. The monoisotopic (exact) mass is 319 g/mol. The fourth-order valence-corrected chi connectivity index (χ4v) is 2.24. The molecule has 0 aliphatic rings. The molecular weight excluding hydrogens is 311 g/mol. The molecule has 0 aliphatic heterocycles. The van der Waals surface area contributed by atoms with Gasteiger partial charge in [-0.1, -0.05) is 17.7 Å². The lowest BCUT2D eigenvalue weighted by molar-refractivity contribution is -0.137. The van der Waals surface area contributed by atoms with E-state index in [1.165, 1.54) is 11.3 Å². The molecule has 0 saturated heterocycles. The fourth-order valence-electron chi connectivity index (χ4n) is 1.35. The van der Waals surface area contributed by atoms with Crippen LogP contribution < -0.4 is 5.43 Å². The van der Waals surface area contributed by atoms with Gasteiger partial charge in [0.15, 0.2) is 5.82 Å². The van der Waals surface area contributed by atoms with Crippen molar-refractivity contribution in [3.8, 4) is 0 Å². The summed E-state index contributed by atoms with van der Waals surface area (Å²) in [6.45, 7) is 1.77. The number of halogens is 4. The van der Waals surface area contributed by atoms with Crippen molar-refractivity contribution in [1.29, 1.82) is 0 Å². The number of aromatic nitrogens is 1. The van der Waals surface area contributed by atoms with Crippen LogP contribution in [-0.4, -0.2) is 10.7 Å². The van der Waals surface area contributed by atoms with Crippen LogP contribution in [0.15, 0.2) is 34.9 Å². The molecule has 3 nitrogen and oxygen atoms in total. The number of pyridine rings is 1. The molecule has 0 aromatic carbocycles. The van der Waals surface area contributed by atoms with Crippen LogP contribution in [-0.2, 0) is 6.18 Å². The van der Waals surface area contributed by atoms with E-state index in [0.717, 1.165) is 10.9 Å². The Bertz CT molecular complexity index is 623. The average Bonchev–Trinajstić information content (AvgIpc) is 2.89. The maximum Gasteiger partial charge on any atom is 0.417 e. The first-order chi connectivity index (χ1) is 9.38. The number of nitrogens with one attached hydrogen (secondary N) is 1. The summed E-state index contributed by atoms with van der Waals surface area (Å²) in [4.78, 5) is 4.58. The van der Waals surface area contributed by atoms with Gasteiger partial charge in [0, 0.05) is 11.1 Å². The number of anilines is 1. The standard InChI is InChI=1S/C12H9ClF3N3S/c1-7(10-3-2-4-20-10)18-19-11-9(13)5-8(6-17-11)12(14,15)16/h2-6H,1H3,(H,17,19)/b18-7-. The molecule has 8 heteroatoms.